The predicted octanol–water partition coefficient (Wildman–Crippen LogP) is 0.751. The number of aliphatic hydroxyl groups is 1. The minimum atomic E-state index is -3.34. The van der Waals surface area contributed by atoms with Crippen LogP contribution in [0.1, 0.15) is 57.8 Å². The lowest BCUT2D eigenvalue weighted by Crippen LogP contribution is -2.50. The molecule has 0 spiro atoms. The van der Waals surface area contributed by atoms with Crippen LogP contribution in [-0.4, -0.2) is 110 Å². The number of likely N-dealkylation sites (tertiary alicyclic amines) is 1. The monoisotopic (exact) mass is 555 g/mol. The molecule has 0 aromatic carbocycles. The summed E-state index contributed by atoms with van der Waals surface area (Å²) in [7, 11) is -2.01. The zero-order valence-corrected chi connectivity index (χ0v) is 23.4. The number of aliphatic hydroxyl groups excluding tert-OH is 1. The first-order valence-corrected chi connectivity index (χ1v) is 16.0. The average Bonchev–Trinajstić information content (AvgIpc) is 3.60. The van der Waals surface area contributed by atoms with Gasteiger partial charge >= 0.3 is 6.09 Å². The van der Waals surface area contributed by atoms with Gasteiger partial charge in [0.2, 0.25) is 15.9 Å². The van der Waals surface area contributed by atoms with Crippen LogP contribution in [0.4, 0.5) is 4.79 Å². The van der Waals surface area contributed by atoms with E-state index in [4.69, 9.17) is 0 Å². The molecular formula is C26H45N5O6S. The molecule has 1 aliphatic carbocycles. The molecule has 4 unspecified atom stereocenters. The fourth-order valence-corrected chi connectivity index (χ4v) is 9.60. The van der Waals surface area contributed by atoms with Crippen molar-refractivity contribution < 1.29 is 27.9 Å². The van der Waals surface area contributed by atoms with Gasteiger partial charge in [0.05, 0.1) is 18.3 Å². The number of hydrazine groups is 1. The molecule has 5 aliphatic rings. The van der Waals surface area contributed by atoms with Crippen molar-refractivity contribution in [1.82, 2.24) is 25.0 Å². The molecule has 5 fully saturated rings. The maximum absolute atomic E-state index is 13.4. The van der Waals surface area contributed by atoms with E-state index in [1.165, 1.54) is 7.11 Å². The van der Waals surface area contributed by atoms with Crippen LogP contribution in [0, 0.1) is 23.7 Å². The van der Waals surface area contributed by atoms with Crippen LogP contribution in [0.25, 0.3) is 0 Å². The highest BCUT2D eigenvalue weighted by Gasteiger charge is 2.46. The Bertz CT molecular complexity index is 950. The molecule has 0 aromatic heterocycles. The molecule has 4 saturated heterocycles. The van der Waals surface area contributed by atoms with Crippen molar-refractivity contribution in [2.75, 3.05) is 53.0 Å². The van der Waals surface area contributed by atoms with Gasteiger partial charge in [0.15, 0.2) is 0 Å². The Morgan fingerprint density at radius 2 is 1.68 bits per heavy atom. The standard InChI is InChI=1S/C26H45N5O6S/c1-37-26(34)28-21-2-4-22(5-3-21)38(35,36)30-11-7-19(8-12-30)20-9-13-31-24(14-20)23(15-27-31)25(33)29-10-6-18(16-29)17-32/h18-24,27,32H,2-17H2,1H3,(H,28,34). The van der Waals surface area contributed by atoms with Crippen molar-refractivity contribution in [2.45, 2.75) is 75.1 Å². The molecule has 216 valence electrons. The highest BCUT2D eigenvalue weighted by molar-refractivity contribution is 7.89. The number of nitrogens with one attached hydrogen (secondary N) is 2. The second-order valence-electron chi connectivity index (χ2n) is 12.0. The molecule has 0 radical (unpaired) electrons. The molecule has 3 N–H and O–H groups in total. The minimum Gasteiger partial charge on any atom is -0.453 e. The van der Waals surface area contributed by atoms with Crippen LogP contribution in [0.15, 0.2) is 0 Å². The van der Waals surface area contributed by atoms with E-state index in [1.54, 1.807) is 4.31 Å². The van der Waals surface area contributed by atoms with Crippen LogP contribution < -0.4 is 10.7 Å². The maximum Gasteiger partial charge on any atom is 0.407 e. The number of piperidine rings is 2. The zero-order valence-electron chi connectivity index (χ0n) is 22.6. The van der Waals surface area contributed by atoms with Crippen molar-refractivity contribution in [1.29, 1.82) is 0 Å². The molecule has 0 aromatic rings. The maximum atomic E-state index is 13.4. The van der Waals surface area contributed by atoms with Crippen molar-refractivity contribution in [3.63, 3.8) is 0 Å². The van der Waals surface area contributed by atoms with E-state index >= 15 is 0 Å². The summed E-state index contributed by atoms with van der Waals surface area (Å²) in [6.45, 7) is 4.33. The SMILES string of the molecule is COC(=O)NC1CCC(S(=O)(=O)N2CCC(C3CCN4NCC(C(=O)N5CCC(CO)C5)C4C3)CC2)CC1. The molecule has 1 saturated carbocycles. The van der Waals surface area contributed by atoms with Crippen molar-refractivity contribution in [3.8, 4) is 0 Å². The third-order valence-electron chi connectivity index (χ3n) is 9.96. The smallest absolute Gasteiger partial charge is 0.407 e. The lowest BCUT2D eigenvalue weighted by molar-refractivity contribution is -0.135. The normalized spacial score (nSPS) is 35.7. The number of sulfonamides is 1. The lowest BCUT2D eigenvalue weighted by Gasteiger charge is -2.43. The number of hydrogen-bond acceptors (Lipinski definition) is 8. The first kappa shape index (κ1) is 28.1. The molecule has 4 heterocycles. The van der Waals surface area contributed by atoms with Gasteiger partial charge in [0.1, 0.15) is 0 Å². The van der Waals surface area contributed by atoms with Crippen molar-refractivity contribution in [2.24, 2.45) is 23.7 Å². The lowest BCUT2D eigenvalue weighted by atomic mass is 9.75. The summed E-state index contributed by atoms with van der Waals surface area (Å²) in [6.07, 6.45) is 6.68. The number of hydrogen-bond donors (Lipinski definition) is 3. The number of rotatable bonds is 6. The second-order valence-corrected chi connectivity index (χ2v) is 14.2. The molecular weight excluding hydrogens is 510 g/mol. The number of carbonyl (C=O) groups excluding carboxylic acids is 2. The molecule has 0 bridgehead atoms. The summed E-state index contributed by atoms with van der Waals surface area (Å²) in [5.74, 6) is 1.39. The Morgan fingerprint density at radius 1 is 0.974 bits per heavy atom. The largest absolute Gasteiger partial charge is 0.453 e. The van der Waals surface area contributed by atoms with E-state index < -0.39 is 16.1 Å². The van der Waals surface area contributed by atoms with Gasteiger partial charge in [-0.3, -0.25) is 10.2 Å². The van der Waals surface area contributed by atoms with Gasteiger partial charge in [0, 0.05) is 63.9 Å². The van der Waals surface area contributed by atoms with E-state index in [9.17, 15) is 23.1 Å². The van der Waals surface area contributed by atoms with Crippen LogP contribution >= 0.6 is 0 Å². The molecule has 4 atom stereocenters. The Kier molecular flexibility index (Phi) is 8.83. The number of amides is 2. The Hall–Kier alpha value is -1.47. The average molecular weight is 556 g/mol. The van der Waals surface area contributed by atoms with Gasteiger partial charge in [-0.15, -0.1) is 0 Å². The Morgan fingerprint density at radius 3 is 2.34 bits per heavy atom. The van der Waals surface area contributed by atoms with Gasteiger partial charge in [-0.2, -0.15) is 0 Å². The minimum absolute atomic E-state index is 0.0205. The fraction of sp³-hybridized carbons (Fsp3) is 0.923. The molecule has 4 aliphatic heterocycles. The first-order valence-electron chi connectivity index (χ1n) is 14.5. The summed E-state index contributed by atoms with van der Waals surface area (Å²) in [5.41, 5.74) is 3.46. The van der Waals surface area contributed by atoms with Gasteiger partial charge < -0.3 is 20.1 Å². The molecule has 12 heteroatoms. The van der Waals surface area contributed by atoms with Gasteiger partial charge in [-0.05, 0) is 69.6 Å². The zero-order chi connectivity index (χ0) is 26.9. The van der Waals surface area contributed by atoms with E-state index in [0.717, 1.165) is 45.2 Å². The van der Waals surface area contributed by atoms with E-state index in [0.29, 0.717) is 63.7 Å². The molecule has 5 rings (SSSR count). The first-order chi connectivity index (χ1) is 18.3. The number of alkyl carbamates (subject to hydrolysis) is 1. The quantitative estimate of drug-likeness (QED) is 0.438. The third kappa shape index (κ3) is 5.84. The van der Waals surface area contributed by atoms with Gasteiger partial charge in [-0.25, -0.2) is 22.5 Å². The van der Waals surface area contributed by atoms with E-state index in [-0.39, 0.29) is 41.7 Å². The molecule has 11 nitrogen and oxygen atoms in total. The number of fused-ring (bicyclic) bond motifs is 1. The number of ether oxygens (including phenoxy) is 1. The predicted molar refractivity (Wildman–Crippen MR) is 141 cm³/mol. The fourth-order valence-electron chi connectivity index (χ4n) is 7.59. The van der Waals surface area contributed by atoms with Gasteiger partial charge in [0.25, 0.3) is 0 Å². The number of carbonyl (C=O) groups is 2. The third-order valence-corrected chi connectivity index (χ3v) is 12.4. The van der Waals surface area contributed by atoms with E-state index in [1.807, 2.05) is 4.90 Å². The number of methoxy groups -OCH3 is 1. The number of nitrogens with zero attached hydrogens (tertiary/aromatic N) is 3. The van der Waals surface area contributed by atoms with Gasteiger partial charge in [-0.1, -0.05) is 0 Å². The molecule has 2 amide bonds. The highest BCUT2D eigenvalue weighted by Crippen LogP contribution is 2.39. The summed E-state index contributed by atoms with van der Waals surface area (Å²) in [5, 5.41) is 14.2. The van der Waals surface area contributed by atoms with E-state index in [2.05, 4.69) is 20.5 Å². The highest BCUT2D eigenvalue weighted by atomic mass is 32.2. The summed E-state index contributed by atoms with van der Waals surface area (Å²) < 4.78 is 33.2. The van der Waals surface area contributed by atoms with Crippen LogP contribution in [0.2, 0.25) is 0 Å². The Balaban J connectivity index is 1.11. The summed E-state index contributed by atoms with van der Waals surface area (Å²) in [6, 6.07) is 0.179. The summed E-state index contributed by atoms with van der Waals surface area (Å²) in [4.78, 5) is 26.7. The van der Waals surface area contributed by atoms with Crippen LogP contribution in [-0.2, 0) is 19.6 Å². The Labute approximate surface area is 226 Å². The van der Waals surface area contributed by atoms with Crippen LogP contribution in [0.5, 0.6) is 0 Å². The second kappa shape index (κ2) is 12.0. The van der Waals surface area contributed by atoms with Crippen molar-refractivity contribution in [3.05, 3.63) is 0 Å². The topological polar surface area (TPSA) is 132 Å². The van der Waals surface area contributed by atoms with Crippen LogP contribution in [0.3, 0.4) is 0 Å². The summed E-state index contributed by atoms with van der Waals surface area (Å²) >= 11 is 0. The van der Waals surface area contributed by atoms with Crippen molar-refractivity contribution >= 4 is 22.0 Å². The molecule has 38 heavy (non-hydrogen) atoms.